The van der Waals surface area contributed by atoms with Gasteiger partial charge in [0.25, 0.3) is 5.91 Å². The van der Waals surface area contributed by atoms with Crippen LogP contribution >= 0.6 is 0 Å². The van der Waals surface area contributed by atoms with Crippen molar-refractivity contribution < 1.29 is 22.7 Å². The van der Waals surface area contributed by atoms with Gasteiger partial charge in [-0.1, -0.05) is 30.3 Å². The second-order valence-corrected chi connectivity index (χ2v) is 10.0. The maximum absolute atomic E-state index is 13.3. The fourth-order valence-corrected chi connectivity index (χ4v) is 5.58. The highest BCUT2D eigenvalue weighted by atomic mass is 32.2. The van der Waals surface area contributed by atoms with Crippen LogP contribution in [0.4, 0.5) is 0 Å². The smallest absolute Gasteiger partial charge is 0.251 e. The molecule has 0 unspecified atom stereocenters. The molecule has 3 aromatic carbocycles. The first-order valence-corrected chi connectivity index (χ1v) is 12.5. The minimum atomic E-state index is -3.72. The van der Waals surface area contributed by atoms with Gasteiger partial charge in [0.15, 0.2) is 0 Å². The number of sulfonamides is 1. The second kappa shape index (κ2) is 10.3. The summed E-state index contributed by atoms with van der Waals surface area (Å²) in [6, 6.07) is 19.6. The molecule has 178 valence electrons. The van der Waals surface area contributed by atoms with E-state index in [0.717, 1.165) is 11.1 Å². The Morgan fingerprint density at radius 3 is 2.53 bits per heavy atom. The zero-order valence-corrected chi connectivity index (χ0v) is 20.1. The van der Waals surface area contributed by atoms with Crippen molar-refractivity contribution in [3.05, 3.63) is 89.0 Å². The summed E-state index contributed by atoms with van der Waals surface area (Å²) in [7, 11) is -0.530. The summed E-state index contributed by atoms with van der Waals surface area (Å²) in [6.45, 7) is 1.11. The third-order valence-electron chi connectivity index (χ3n) is 6.00. The molecule has 4 rings (SSSR count). The molecule has 0 fully saturated rings. The van der Waals surface area contributed by atoms with E-state index >= 15 is 0 Å². The molecule has 34 heavy (non-hydrogen) atoms. The highest BCUT2D eigenvalue weighted by molar-refractivity contribution is 7.89. The zero-order chi connectivity index (χ0) is 24.1. The number of hydrogen-bond acceptors (Lipinski definition) is 5. The highest BCUT2D eigenvalue weighted by Gasteiger charge is 2.28. The van der Waals surface area contributed by atoms with E-state index < -0.39 is 10.0 Å². The van der Waals surface area contributed by atoms with E-state index in [1.165, 1.54) is 22.0 Å². The van der Waals surface area contributed by atoms with Gasteiger partial charge < -0.3 is 14.8 Å². The number of ether oxygens (including phenoxy) is 2. The van der Waals surface area contributed by atoms with Crippen molar-refractivity contribution in [2.75, 3.05) is 27.3 Å². The Hall–Kier alpha value is -3.36. The molecule has 0 atom stereocenters. The fraction of sp³-hybridized carbons (Fsp3) is 0.269. The number of nitrogens with zero attached hydrogens (tertiary/aromatic N) is 1. The fourth-order valence-electron chi connectivity index (χ4n) is 4.11. The number of carbonyl (C=O) groups is 1. The Morgan fingerprint density at radius 2 is 1.76 bits per heavy atom. The average molecular weight is 481 g/mol. The van der Waals surface area contributed by atoms with E-state index in [4.69, 9.17) is 9.47 Å². The molecule has 1 heterocycles. The topological polar surface area (TPSA) is 84.9 Å². The van der Waals surface area contributed by atoms with Crippen molar-refractivity contribution in [1.82, 2.24) is 9.62 Å². The van der Waals surface area contributed by atoms with E-state index in [9.17, 15) is 13.2 Å². The van der Waals surface area contributed by atoms with E-state index in [0.29, 0.717) is 49.5 Å². The number of methoxy groups -OCH3 is 2. The Balaban J connectivity index is 1.44. The minimum Gasteiger partial charge on any atom is -0.497 e. The van der Waals surface area contributed by atoms with Crippen LogP contribution in [0.3, 0.4) is 0 Å². The van der Waals surface area contributed by atoms with Crippen LogP contribution < -0.4 is 14.8 Å². The van der Waals surface area contributed by atoms with Gasteiger partial charge in [-0.05, 0) is 65.9 Å². The van der Waals surface area contributed by atoms with E-state index in [1.807, 2.05) is 42.5 Å². The summed E-state index contributed by atoms with van der Waals surface area (Å²) >= 11 is 0. The van der Waals surface area contributed by atoms with Gasteiger partial charge in [-0.3, -0.25) is 4.79 Å². The van der Waals surface area contributed by atoms with Crippen LogP contribution in [-0.2, 0) is 29.4 Å². The SMILES string of the molecule is COc1ccc(OC)c(CCNC(=O)c2cccc(S(=O)(=O)N3CCc4ccccc4C3)c2)c1. The standard InChI is InChI=1S/C26H28N2O5S/c1-32-23-10-11-25(33-2)20(16-23)12-14-27-26(29)21-8-5-9-24(17-21)34(30,31)28-15-13-19-6-3-4-7-22(19)18-28/h3-11,16-17H,12-15,18H2,1-2H3,(H,27,29). The molecule has 0 saturated carbocycles. The zero-order valence-electron chi connectivity index (χ0n) is 19.3. The van der Waals surface area contributed by atoms with Crippen LogP contribution in [-0.4, -0.2) is 45.9 Å². The summed E-state index contributed by atoms with van der Waals surface area (Å²) in [5, 5.41) is 2.86. The molecule has 0 aromatic heterocycles. The first-order chi connectivity index (χ1) is 16.4. The maximum atomic E-state index is 13.3. The molecule has 1 aliphatic heterocycles. The summed E-state index contributed by atoms with van der Waals surface area (Å²) < 4.78 is 38.7. The van der Waals surface area contributed by atoms with Gasteiger partial charge in [-0.15, -0.1) is 0 Å². The van der Waals surface area contributed by atoms with Crippen LogP contribution in [0.1, 0.15) is 27.0 Å². The lowest BCUT2D eigenvalue weighted by Crippen LogP contribution is -2.36. The highest BCUT2D eigenvalue weighted by Crippen LogP contribution is 2.26. The van der Waals surface area contributed by atoms with Crippen molar-refractivity contribution in [3.8, 4) is 11.5 Å². The summed E-state index contributed by atoms with van der Waals surface area (Å²) in [6.07, 6.45) is 1.21. The molecule has 8 heteroatoms. The van der Waals surface area contributed by atoms with Gasteiger partial charge >= 0.3 is 0 Å². The lowest BCUT2D eigenvalue weighted by Gasteiger charge is -2.28. The molecule has 1 aliphatic rings. The van der Waals surface area contributed by atoms with E-state index in [2.05, 4.69) is 5.32 Å². The average Bonchev–Trinajstić information content (AvgIpc) is 2.88. The Bertz CT molecular complexity index is 1290. The number of hydrogen-bond donors (Lipinski definition) is 1. The predicted octanol–water partition coefficient (Wildman–Crippen LogP) is 3.42. The first kappa shape index (κ1) is 23.8. The quantitative estimate of drug-likeness (QED) is 0.534. The third-order valence-corrected chi connectivity index (χ3v) is 7.84. The lowest BCUT2D eigenvalue weighted by molar-refractivity contribution is 0.0954. The van der Waals surface area contributed by atoms with E-state index in [1.54, 1.807) is 26.4 Å². The van der Waals surface area contributed by atoms with Gasteiger partial charge in [0.05, 0.1) is 19.1 Å². The summed E-state index contributed by atoms with van der Waals surface area (Å²) in [5.74, 6) is 1.09. The summed E-state index contributed by atoms with van der Waals surface area (Å²) in [5.41, 5.74) is 3.40. The monoisotopic (exact) mass is 480 g/mol. The molecular weight excluding hydrogens is 452 g/mol. The normalized spacial score (nSPS) is 13.7. The predicted molar refractivity (Wildman–Crippen MR) is 130 cm³/mol. The van der Waals surface area contributed by atoms with Crippen LogP contribution in [0.15, 0.2) is 71.6 Å². The van der Waals surface area contributed by atoms with Crippen LogP contribution in [0.25, 0.3) is 0 Å². The molecule has 7 nitrogen and oxygen atoms in total. The molecule has 3 aromatic rings. The minimum absolute atomic E-state index is 0.119. The molecule has 1 N–H and O–H groups in total. The maximum Gasteiger partial charge on any atom is 0.251 e. The second-order valence-electron chi connectivity index (χ2n) is 8.07. The Kier molecular flexibility index (Phi) is 7.19. The van der Waals surface area contributed by atoms with Gasteiger partial charge in [-0.25, -0.2) is 8.42 Å². The van der Waals surface area contributed by atoms with Crippen LogP contribution in [0, 0.1) is 0 Å². The van der Waals surface area contributed by atoms with Crippen molar-refractivity contribution in [2.45, 2.75) is 24.3 Å². The van der Waals surface area contributed by atoms with Crippen molar-refractivity contribution in [2.24, 2.45) is 0 Å². The molecule has 0 radical (unpaired) electrons. The van der Waals surface area contributed by atoms with Gasteiger partial charge in [-0.2, -0.15) is 4.31 Å². The largest absolute Gasteiger partial charge is 0.497 e. The Labute approximate surface area is 200 Å². The van der Waals surface area contributed by atoms with Gasteiger partial charge in [0, 0.05) is 25.2 Å². The molecule has 0 saturated heterocycles. The number of amides is 1. The van der Waals surface area contributed by atoms with Crippen molar-refractivity contribution in [1.29, 1.82) is 0 Å². The number of nitrogens with one attached hydrogen (secondary N) is 1. The first-order valence-electron chi connectivity index (χ1n) is 11.1. The molecule has 1 amide bonds. The van der Waals surface area contributed by atoms with Crippen LogP contribution in [0.5, 0.6) is 11.5 Å². The molecular formula is C26H28N2O5S. The third kappa shape index (κ3) is 5.08. The molecule has 0 spiro atoms. The lowest BCUT2D eigenvalue weighted by atomic mass is 10.0. The van der Waals surface area contributed by atoms with Crippen molar-refractivity contribution in [3.63, 3.8) is 0 Å². The molecule has 0 bridgehead atoms. The number of benzene rings is 3. The van der Waals surface area contributed by atoms with Gasteiger partial charge in [0.2, 0.25) is 10.0 Å². The number of carbonyl (C=O) groups excluding carboxylic acids is 1. The number of rotatable bonds is 8. The van der Waals surface area contributed by atoms with Gasteiger partial charge in [0.1, 0.15) is 11.5 Å². The van der Waals surface area contributed by atoms with Crippen LogP contribution in [0.2, 0.25) is 0 Å². The van der Waals surface area contributed by atoms with Crippen molar-refractivity contribution >= 4 is 15.9 Å². The van der Waals surface area contributed by atoms with E-state index in [-0.39, 0.29) is 10.8 Å². The molecule has 0 aliphatic carbocycles. The Morgan fingerprint density at radius 1 is 0.971 bits per heavy atom. The number of fused-ring (bicyclic) bond motifs is 1. The summed E-state index contributed by atoms with van der Waals surface area (Å²) in [4.78, 5) is 12.9.